The van der Waals surface area contributed by atoms with Crippen LogP contribution >= 0.6 is 11.6 Å². The van der Waals surface area contributed by atoms with E-state index in [0.29, 0.717) is 5.88 Å². The lowest BCUT2D eigenvalue weighted by Crippen LogP contribution is -2.14. The molecule has 0 nitrogen and oxygen atoms in total. The molecule has 0 aliphatic heterocycles. The Balaban J connectivity index is 3.22. The van der Waals surface area contributed by atoms with Crippen LogP contribution in [0.2, 0.25) is 0 Å². The molecule has 0 aliphatic carbocycles. The predicted octanol–water partition coefficient (Wildman–Crippen LogP) is 4.41. The van der Waals surface area contributed by atoms with Crippen LogP contribution in [-0.2, 0) is 11.8 Å². The van der Waals surface area contributed by atoms with Crippen molar-refractivity contribution in [2.45, 2.75) is 32.6 Å². The van der Waals surface area contributed by atoms with E-state index in [9.17, 15) is 0 Å². The van der Waals surface area contributed by atoms with Crippen molar-refractivity contribution < 1.29 is 0 Å². The average Bonchev–Trinajstić information content (AvgIpc) is 2.17. The van der Waals surface area contributed by atoms with Crippen LogP contribution in [0, 0.1) is 0 Å². The van der Waals surface area contributed by atoms with Crippen molar-refractivity contribution in [2.24, 2.45) is 0 Å². The fourth-order valence-corrected chi connectivity index (χ4v) is 1.94. The SMILES string of the molecule is C=Cc1ccc(CCCl)c(C(C)(C)C)c1. The number of benzene rings is 1. The summed E-state index contributed by atoms with van der Waals surface area (Å²) in [5.74, 6) is 0.677. The monoisotopic (exact) mass is 222 g/mol. The third-order valence-corrected chi connectivity index (χ3v) is 2.73. The van der Waals surface area contributed by atoms with Crippen LogP contribution in [0.5, 0.6) is 0 Å². The Labute approximate surface area is 98.0 Å². The van der Waals surface area contributed by atoms with Gasteiger partial charge in [-0.2, -0.15) is 0 Å². The summed E-state index contributed by atoms with van der Waals surface area (Å²) in [7, 11) is 0. The fourth-order valence-electron chi connectivity index (χ4n) is 1.74. The largest absolute Gasteiger partial charge is 0.126 e. The summed E-state index contributed by atoms with van der Waals surface area (Å²) < 4.78 is 0. The first-order valence-electron chi connectivity index (χ1n) is 5.31. The van der Waals surface area contributed by atoms with Crippen LogP contribution in [-0.4, -0.2) is 5.88 Å². The Bertz CT molecular complexity index is 345. The van der Waals surface area contributed by atoms with Gasteiger partial charge in [0.1, 0.15) is 0 Å². The summed E-state index contributed by atoms with van der Waals surface area (Å²) in [6.45, 7) is 10.5. The Morgan fingerprint density at radius 3 is 2.47 bits per heavy atom. The molecule has 0 heterocycles. The summed E-state index contributed by atoms with van der Waals surface area (Å²) in [5.41, 5.74) is 4.07. The topological polar surface area (TPSA) is 0 Å². The second-order valence-electron chi connectivity index (χ2n) is 4.81. The predicted molar refractivity (Wildman–Crippen MR) is 69.7 cm³/mol. The molecule has 82 valence electrons. The van der Waals surface area contributed by atoms with Crippen molar-refractivity contribution in [1.29, 1.82) is 0 Å². The second-order valence-corrected chi connectivity index (χ2v) is 5.19. The van der Waals surface area contributed by atoms with E-state index in [1.54, 1.807) is 0 Å². The molecule has 0 aromatic heterocycles. The summed E-state index contributed by atoms with van der Waals surface area (Å²) in [6.07, 6.45) is 2.82. The van der Waals surface area contributed by atoms with Crippen molar-refractivity contribution in [3.05, 3.63) is 41.5 Å². The number of hydrogen-bond donors (Lipinski definition) is 0. The van der Waals surface area contributed by atoms with E-state index < -0.39 is 0 Å². The van der Waals surface area contributed by atoms with Gasteiger partial charge in [0.05, 0.1) is 0 Å². The smallest absolute Gasteiger partial charge is 0.0264 e. The minimum atomic E-state index is 0.167. The number of rotatable bonds is 3. The van der Waals surface area contributed by atoms with Gasteiger partial charge in [-0.25, -0.2) is 0 Å². The van der Waals surface area contributed by atoms with E-state index in [-0.39, 0.29) is 5.41 Å². The summed E-state index contributed by atoms with van der Waals surface area (Å²) in [4.78, 5) is 0. The van der Waals surface area contributed by atoms with Crippen LogP contribution in [0.25, 0.3) is 6.08 Å². The van der Waals surface area contributed by atoms with Gasteiger partial charge < -0.3 is 0 Å². The molecule has 0 radical (unpaired) electrons. The van der Waals surface area contributed by atoms with Gasteiger partial charge in [-0.15, -0.1) is 11.6 Å². The molecular formula is C14H19Cl. The van der Waals surface area contributed by atoms with Crippen LogP contribution in [0.4, 0.5) is 0 Å². The van der Waals surface area contributed by atoms with Gasteiger partial charge in [0.25, 0.3) is 0 Å². The third-order valence-electron chi connectivity index (χ3n) is 2.54. The van der Waals surface area contributed by atoms with Gasteiger partial charge in [0, 0.05) is 5.88 Å². The first-order valence-corrected chi connectivity index (χ1v) is 5.84. The van der Waals surface area contributed by atoms with Crippen molar-refractivity contribution >= 4 is 17.7 Å². The molecule has 0 saturated carbocycles. The van der Waals surface area contributed by atoms with Crippen molar-refractivity contribution in [3.63, 3.8) is 0 Å². The fraction of sp³-hybridized carbons (Fsp3) is 0.429. The summed E-state index contributed by atoms with van der Waals surface area (Å²) in [5, 5.41) is 0. The first-order chi connectivity index (χ1) is 6.99. The van der Waals surface area contributed by atoms with Crippen molar-refractivity contribution in [3.8, 4) is 0 Å². The normalized spacial score (nSPS) is 11.5. The lowest BCUT2D eigenvalue weighted by atomic mass is 9.82. The lowest BCUT2D eigenvalue weighted by molar-refractivity contribution is 0.583. The molecule has 1 rings (SSSR count). The van der Waals surface area contributed by atoms with Gasteiger partial charge in [0.2, 0.25) is 0 Å². The molecule has 1 aromatic rings. The minimum Gasteiger partial charge on any atom is -0.126 e. The first kappa shape index (κ1) is 12.3. The van der Waals surface area contributed by atoms with E-state index in [2.05, 4.69) is 45.5 Å². The molecule has 1 aromatic carbocycles. The van der Waals surface area contributed by atoms with Gasteiger partial charge in [-0.05, 0) is 28.5 Å². The molecule has 0 fully saturated rings. The molecule has 0 amide bonds. The Hall–Kier alpha value is -0.750. The van der Waals surface area contributed by atoms with E-state index in [0.717, 1.165) is 6.42 Å². The van der Waals surface area contributed by atoms with E-state index >= 15 is 0 Å². The van der Waals surface area contributed by atoms with Crippen molar-refractivity contribution in [2.75, 3.05) is 5.88 Å². The highest BCUT2D eigenvalue weighted by Crippen LogP contribution is 2.27. The van der Waals surface area contributed by atoms with E-state index in [1.165, 1.54) is 16.7 Å². The zero-order chi connectivity index (χ0) is 11.5. The zero-order valence-corrected chi connectivity index (χ0v) is 10.6. The Morgan fingerprint density at radius 2 is 2.00 bits per heavy atom. The number of aryl methyl sites for hydroxylation is 1. The molecule has 1 heteroatoms. The molecule has 0 atom stereocenters. The molecule has 0 saturated heterocycles. The van der Waals surface area contributed by atoms with Crippen LogP contribution in [0.15, 0.2) is 24.8 Å². The van der Waals surface area contributed by atoms with Crippen molar-refractivity contribution in [1.82, 2.24) is 0 Å². The third kappa shape index (κ3) is 3.10. The zero-order valence-electron chi connectivity index (χ0n) is 9.81. The minimum absolute atomic E-state index is 0.167. The quantitative estimate of drug-likeness (QED) is 0.665. The van der Waals surface area contributed by atoms with E-state index in [4.69, 9.17) is 11.6 Å². The molecule has 0 unspecified atom stereocenters. The molecular weight excluding hydrogens is 204 g/mol. The maximum absolute atomic E-state index is 5.81. The Morgan fingerprint density at radius 1 is 1.33 bits per heavy atom. The van der Waals surface area contributed by atoms with Gasteiger partial charge in [-0.1, -0.05) is 51.6 Å². The molecule has 0 N–H and O–H groups in total. The number of halogens is 1. The average molecular weight is 223 g/mol. The highest BCUT2D eigenvalue weighted by molar-refractivity contribution is 6.18. The second kappa shape index (κ2) is 4.85. The number of hydrogen-bond acceptors (Lipinski definition) is 0. The maximum Gasteiger partial charge on any atom is 0.0264 e. The highest BCUT2D eigenvalue weighted by atomic mass is 35.5. The molecule has 0 spiro atoms. The molecule has 15 heavy (non-hydrogen) atoms. The van der Waals surface area contributed by atoms with Gasteiger partial charge in [-0.3, -0.25) is 0 Å². The molecule has 0 bridgehead atoms. The van der Waals surface area contributed by atoms with Crippen LogP contribution in [0.1, 0.15) is 37.5 Å². The maximum atomic E-state index is 5.81. The Kier molecular flexibility index (Phi) is 3.98. The van der Waals surface area contributed by atoms with Crippen LogP contribution in [0.3, 0.4) is 0 Å². The van der Waals surface area contributed by atoms with Gasteiger partial charge in [0.15, 0.2) is 0 Å². The standard InChI is InChI=1S/C14H19Cl/c1-5-11-6-7-12(8-9-15)13(10-11)14(2,3)4/h5-7,10H,1,8-9H2,2-4H3. The molecule has 0 aliphatic rings. The number of alkyl halides is 1. The summed E-state index contributed by atoms with van der Waals surface area (Å²) >= 11 is 5.81. The highest BCUT2D eigenvalue weighted by Gasteiger charge is 2.17. The van der Waals surface area contributed by atoms with E-state index in [1.807, 2.05) is 6.08 Å². The van der Waals surface area contributed by atoms with Gasteiger partial charge >= 0.3 is 0 Å². The lowest BCUT2D eigenvalue weighted by Gasteiger charge is -2.23. The van der Waals surface area contributed by atoms with Crippen LogP contribution < -0.4 is 0 Å². The summed E-state index contributed by atoms with van der Waals surface area (Å²) in [6, 6.07) is 6.49.